The Morgan fingerprint density at radius 1 is 1.11 bits per heavy atom. The molecule has 0 aliphatic carbocycles. The molecule has 3 N–H and O–H groups in total. The first-order valence-corrected chi connectivity index (χ1v) is 9.06. The van der Waals surface area contributed by atoms with Crippen molar-refractivity contribution in [3.05, 3.63) is 53.1 Å². The fraction of sp³-hybridized carbons (Fsp3) is 0.350. The number of rotatable bonds is 9. The number of hydrogen-bond donors (Lipinski definition) is 2. The van der Waals surface area contributed by atoms with E-state index < -0.39 is 0 Å². The van der Waals surface area contributed by atoms with Crippen molar-refractivity contribution in [2.24, 2.45) is 10.7 Å². The minimum atomic E-state index is -0.0997. The summed E-state index contributed by atoms with van der Waals surface area (Å²) in [7, 11) is 3.24. The van der Waals surface area contributed by atoms with Crippen LogP contribution in [0.1, 0.15) is 12.5 Å². The quantitative estimate of drug-likeness (QED) is 0.299. The zero-order valence-electron chi connectivity index (χ0n) is 16.3. The monoisotopic (exact) mass is 519 g/mol. The molecule has 1 atom stereocenters. The molecule has 0 saturated carbocycles. The molecule has 2 aromatic carbocycles. The molecule has 0 radical (unpaired) electrons. The number of ether oxygens (including phenoxy) is 3. The Labute approximate surface area is 188 Å². The van der Waals surface area contributed by atoms with Crippen molar-refractivity contribution in [2.75, 3.05) is 27.3 Å². The van der Waals surface area contributed by atoms with E-state index in [1.54, 1.807) is 26.4 Å². The molecule has 8 heteroatoms. The van der Waals surface area contributed by atoms with E-state index >= 15 is 0 Å². The summed E-state index contributed by atoms with van der Waals surface area (Å²) in [6.07, 6.45) is 0.685. The maximum absolute atomic E-state index is 5.92. The van der Waals surface area contributed by atoms with E-state index in [4.69, 9.17) is 31.5 Å². The fourth-order valence-electron chi connectivity index (χ4n) is 2.44. The van der Waals surface area contributed by atoms with Gasteiger partial charge in [0.1, 0.15) is 11.9 Å². The van der Waals surface area contributed by atoms with Gasteiger partial charge < -0.3 is 25.3 Å². The van der Waals surface area contributed by atoms with Crippen LogP contribution in [-0.2, 0) is 6.42 Å². The van der Waals surface area contributed by atoms with Crippen molar-refractivity contribution in [3.8, 4) is 17.2 Å². The highest BCUT2D eigenvalue weighted by Crippen LogP contribution is 2.27. The first-order chi connectivity index (χ1) is 13.0. The molecule has 0 heterocycles. The highest BCUT2D eigenvalue weighted by molar-refractivity contribution is 14.0. The summed E-state index contributed by atoms with van der Waals surface area (Å²) >= 11 is 5.86. The summed E-state index contributed by atoms with van der Waals surface area (Å²) in [6, 6.07) is 13.1. The van der Waals surface area contributed by atoms with Crippen LogP contribution in [0.15, 0.2) is 47.5 Å². The smallest absolute Gasteiger partial charge is 0.188 e. The topological polar surface area (TPSA) is 78.1 Å². The summed E-state index contributed by atoms with van der Waals surface area (Å²) in [4.78, 5) is 4.32. The number of halogens is 2. The number of nitrogens with one attached hydrogen (secondary N) is 1. The summed E-state index contributed by atoms with van der Waals surface area (Å²) in [5.74, 6) is 2.57. The average molecular weight is 520 g/mol. The molecular formula is C20H27ClIN3O3. The minimum absolute atomic E-state index is 0. The summed E-state index contributed by atoms with van der Waals surface area (Å²) in [6.45, 7) is 3.06. The lowest BCUT2D eigenvalue weighted by Crippen LogP contribution is -2.34. The van der Waals surface area contributed by atoms with Gasteiger partial charge in [-0.3, -0.25) is 0 Å². The van der Waals surface area contributed by atoms with Crippen LogP contribution in [-0.4, -0.2) is 39.4 Å². The standard InChI is InChI=1S/C20H26ClN3O3.HI/c1-14(27-17-7-5-16(21)6-8-17)13-24-20(22)23-11-10-15-4-9-18(25-2)19(12-15)26-3;/h4-9,12,14H,10-11,13H2,1-3H3,(H3,22,23,24);1H. The predicted octanol–water partition coefficient (Wildman–Crippen LogP) is 3.89. The second kappa shape index (κ2) is 12.6. The number of hydrogen-bond acceptors (Lipinski definition) is 4. The predicted molar refractivity (Wildman–Crippen MR) is 125 cm³/mol. The van der Waals surface area contributed by atoms with Crippen LogP contribution < -0.4 is 25.3 Å². The Kier molecular flexibility index (Phi) is 10.8. The van der Waals surface area contributed by atoms with Crippen LogP contribution in [0.25, 0.3) is 0 Å². The molecule has 0 aliphatic heterocycles. The molecule has 1 unspecified atom stereocenters. The molecule has 0 spiro atoms. The van der Waals surface area contributed by atoms with Crippen LogP contribution >= 0.6 is 35.6 Å². The van der Waals surface area contributed by atoms with Gasteiger partial charge in [0.15, 0.2) is 17.5 Å². The van der Waals surface area contributed by atoms with Crippen molar-refractivity contribution < 1.29 is 14.2 Å². The third kappa shape index (κ3) is 8.02. The van der Waals surface area contributed by atoms with Gasteiger partial charge in [-0.05, 0) is 55.3 Å². The number of benzene rings is 2. The van der Waals surface area contributed by atoms with E-state index in [0.717, 1.165) is 17.7 Å². The van der Waals surface area contributed by atoms with Crippen LogP contribution in [0.4, 0.5) is 0 Å². The first-order valence-electron chi connectivity index (χ1n) is 8.68. The van der Waals surface area contributed by atoms with Crippen molar-refractivity contribution in [3.63, 3.8) is 0 Å². The van der Waals surface area contributed by atoms with Gasteiger partial charge in [0.05, 0.1) is 20.8 Å². The SMILES string of the molecule is COc1ccc(CCNC(N)=NCC(C)Oc2ccc(Cl)cc2)cc1OC.I. The highest BCUT2D eigenvalue weighted by Gasteiger charge is 2.06. The molecular weight excluding hydrogens is 493 g/mol. The zero-order valence-corrected chi connectivity index (χ0v) is 19.4. The van der Waals surface area contributed by atoms with Gasteiger partial charge in [0.25, 0.3) is 0 Å². The molecule has 28 heavy (non-hydrogen) atoms. The lowest BCUT2D eigenvalue weighted by molar-refractivity contribution is 0.230. The Bertz CT molecular complexity index is 757. The number of nitrogens with zero attached hydrogens (tertiary/aromatic N) is 1. The molecule has 6 nitrogen and oxygen atoms in total. The molecule has 0 fully saturated rings. The largest absolute Gasteiger partial charge is 0.493 e. The Morgan fingerprint density at radius 3 is 2.43 bits per heavy atom. The number of nitrogens with two attached hydrogens (primary N) is 1. The van der Waals surface area contributed by atoms with Gasteiger partial charge >= 0.3 is 0 Å². The van der Waals surface area contributed by atoms with Gasteiger partial charge in [0.2, 0.25) is 0 Å². The first kappa shape index (κ1) is 24.2. The summed E-state index contributed by atoms with van der Waals surface area (Å²) in [5.41, 5.74) is 7.04. The molecule has 2 aromatic rings. The third-order valence-corrected chi connectivity index (χ3v) is 4.09. The van der Waals surface area contributed by atoms with Crippen LogP contribution in [0.5, 0.6) is 17.2 Å². The van der Waals surface area contributed by atoms with Crippen molar-refractivity contribution in [1.29, 1.82) is 0 Å². The lowest BCUT2D eigenvalue weighted by atomic mass is 10.1. The Balaban J connectivity index is 0.00000392. The van der Waals surface area contributed by atoms with E-state index in [-0.39, 0.29) is 30.1 Å². The summed E-state index contributed by atoms with van der Waals surface area (Å²) in [5, 5.41) is 3.78. The molecule has 0 bridgehead atoms. The molecule has 0 aromatic heterocycles. The normalized spacial score (nSPS) is 11.9. The van der Waals surface area contributed by atoms with Gasteiger partial charge in [-0.15, -0.1) is 24.0 Å². The van der Waals surface area contributed by atoms with E-state index in [1.807, 2.05) is 37.3 Å². The second-order valence-electron chi connectivity index (χ2n) is 5.97. The average Bonchev–Trinajstić information content (AvgIpc) is 2.68. The van der Waals surface area contributed by atoms with E-state index in [0.29, 0.717) is 35.6 Å². The Morgan fingerprint density at radius 2 is 1.79 bits per heavy atom. The van der Waals surface area contributed by atoms with Gasteiger partial charge in [-0.1, -0.05) is 17.7 Å². The molecule has 0 saturated heterocycles. The van der Waals surface area contributed by atoms with Gasteiger partial charge in [0, 0.05) is 11.6 Å². The van der Waals surface area contributed by atoms with E-state index in [1.165, 1.54) is 0 Å². The number of methoxy groups -OCH3 is 2. The molecule has 0 aliphatic rings. The Hall–Kier alpha value is -1.87. The lowest BCUT2D eigenvalue weighted by Gasteiger charge is -2.13. The number of aliphatic imine (C=N–C) groups is 1. The minimum Gasteiger partial charge on any atom is -0.493 e. The fourth-order valence-corrected chi connectivity index (χ4v) is 2.56. The molecule has 2 rings (SSSR count). The van der Waals surface area contributed by atoms with Gasteiger partial charge in [-0.25, -0.2) is 4.99 Å². The molecule has 0 amide bonds. The van der Waals surface area contributed by atoms with Crippen molar-refractivity contribution in [1.82, 2.24) is 5.32 Å². The maximum atomic E-state index is 5.92. The second-order valence-corrected chi connectivity index (χ2v) is 6.41. The van der Waals surface area contributed by atoms with E-state index in [9.17, 15) is 0 Å². The maximum Gasteiger partial charge on any atom is 0.188 e. The molecule has 154 valence electrons. The zero-order chi connectivity index (χ0) is 19.6. The third-order valence-electron chi connectivity index (χ3n) is 3.84. The van der Waals surface area contributed by atoms with Crippen LogP contribution in [0, 0.1) is 0 Å². The van der Waals surface area contributed by atoms with E-state index in [2.05, 4.69) is 10.3 Å². The van der Waals surface area contributed by atoms with Crippen molar-refractivity contribution in [2.45, 2.75) is 19.4 Å². The van der Waals surface area contributed by atoms with Crippen molar-refractivity contribution >= 4 is 41.5 Å². The number of guanidine groups is 1. The van der Waals surface area contributed by atoms with Crippen LogP contribution in [0.3, 0.4) is 0 Å². The highest BCUT2D eigenvalue weighted by atomic mass is 127. The van der Waals surface area contributed by atoms with Crippen LogP contribution in [0.2, 0.25) is 5.02 Å². The van der Waals surface area contributed by atoms with Gasteiger partial charge in [-0.2, -0.15) is 0 Å². The summed E-state index contributed by atoms with van der Waals surface area (Å²) < 4.78 is 16.3.